The summed E-state index contributed by atoms with van der Waals surface area (Å²) in [5.41, 5.74) is 4.77. The minimum absolute atomic E-state index is 0. The number of hydrogen-bond donors (Lipinski definition) is 1. The van der Waals surface area contributed by atoms with E-state index in [1.165, 1.54) is 22.5 Å². The highest BCUT2D eigenvalue weighted by atomic mass is 35.5. The molecule has 0 bridgehead atoms. The van der Waals surface area contributed by atoms with E-state index in [0.29, 0.717) is 41.0 Å². The van der Waals surface area contributed by atoms with Gasteiger partial charge < -0.3 is 14.9 Å². The van der Waals surface area contributed by atoms with E-state index in [-0.39, 0.29) is 41.7 Å². The number of rotatable bonds is 8. The molecule has 0 spiro atoms. The van der Waals surface area contributed by atoms with E-state index < -0.39 is 0 Å². The van der Waals surface area contributed by atoms with E-state index in [4.69, 9.17) is 9.57 Å². The number of benzene rings is 1. The molecule has 1 heterocycles. The molecule has 242 valence electrons. The van der Waals surface area contributed by atoms with Crippen LogP contribution < -0.4 is 10.1 Å². The number of ether oxygens (including phenoxy) is 1. The topological polar surface area (TPSA) is 93.1 Å². The number of nitrogens with zero attached hydrogens (tertiary/aromatic N) is 3. The van der Waals surface area contributed by atoms with Crippen LogP contribution in [-0.4, -0.2) is 55.2 Å². The molecule has 1 aromatic carbocycles. The molecule has 10 heteroatoms. The van der Waals surface area contributed by atoms with Crippen LogP contribution in [0.3, 0.4) is 0 Å². The lowest BCUT2D eigenvalue weighted by Gasteiger charge is -2.50. The van der Waals surface area contributed by atoms with Crippen LogP contribution in [0.1, 0.15) is 93.7 Å². The van der Waals surface area contributed by atoms with Crippen LogP contribution in [0.15, 0.2) is 23.5 Å². The lowest BCUT2D eigenvalue weighted by Crippen LogP contribution is -2.44. The van der Waals surface area contributed by atoms with Gasteiger partial charge in [0.15, 0.2) is 5.13 Å². The van der Waals surface area contributed by atoms with Crippen LogP contribution in [0.4, 0.5) is 5.13 Å². The van der Waals surface area contributed by atoms with Crippen molar-refractivity contribution in [1.82, 2.24) is 9.88 Å². The molecule has 2 saturated carbocycles. The number of hydrogen-bond acceptors (Lipinski definition) is 8. The second kappa shape index (κ2) is 13.5. The van der Waals surface area contributed by atoms with Gasteiger partial charge in [0.2, 0.25) is 5.91 Å². The molecule has 0 aliphatic heterocycles. The molecule has 3 unspecified atom stereocenters. The molecule has 0 saturated heterocycles. The van der Waals surface area contributed by atoms with Gasteiger partial charge in [0.05, 0.1) is 12.3 Å². The largest absolute Gasteiger partial charge is 0.425 e. The molecule has 1 amide bonds. The first kappa shape index (κ1) is 34.4. The number of thiazole rings is 1. The summed E-state index contributed by atoms with van der Waals surface area (Å²) in [6, 6.07) is 4.51. The Labute approximate surface area is 272 Å². The van der Waals surface area contributed by atoms with Crippen molar-refractivity contribution in [3.63, 3.8) is 0 Å². The lowest BCUT2D eigenvalue weighted by atomic mass is 9.53. The monoisotopic (exact) mass is 644 g/mol. The molecule has 2 aromatic rings. The summed E-state index contributed by atoms with van der Waals surface area (Å²) in [4.78, 5) is 38.2. The Bertz CT molecular complexity index is 1400. The fourth-order valence-corrected chi connectivity index (χ4v) is 8.87. The van der Waals surface area contributed by atoms with Crippen molar-refractivity contribution >= 4 is 46.5 Å². The highest BCUT2D eigenvalue weighted by Crippen LogP contribution is 2.63. The maximum Gasteiger partial charge on any atom is 0.325 e. The molecule has 3 aliphatic carbocycles. The van der Waals surface area contributed by atoms with Gasteiger partial charge in [0.1, 0.15) is 12.9 Å². The average molecular weight is 645 g/mol. The zero-order valence-electron chi connectivity index (χ0n) is 27.5. The maximum absolute atomic E-state index is 12.9. The molecule has 8 nitrogen and oxygen atoms in total. The Kier molecular flexibility index (Phi) is 10.5. The number of amides is 1. The lowest BCUT2D eigenvalue weighted by molar-refractivity contribution is -0.135. The normalized spacial score (nSPS) is 26.8. The third-order valence-corrected chi connectivity index (χ3v) is 10.8. The van der Waals surface area contributed by atoms with Gasteiger partial charge in [-0.15, -0.1) is 23.7 Å². The molecule has 3 aliphatic rings. The summed E-state index contributed by atoms with van der Waals surface area (Å²) < 4.78 is 5.97. The average Bonchev–Trinajstić information content (AvgIpc) is 3.45. The van der Waals surface area contributed by atoms with Gasteiger partial charge in [0, 0.05) is 28.5 Å². The fraction of sp³-hybridized carbons (Fsp3) is 0.647. The Morgan fingerprint density at radius 2 is 1.98 bits per heavy atom. The molecule has 5 rings (SSSR count). The predicted molar refractivity (Wildman–Crippen MR) is 179 cm³/mol. The van der Waals surface area contributed by atoms with Gasteiger partial charge in [-0.1, -0.05) is 38.9 Å². The summed E-state index contributed by atoms with van der Waals surface area (Å²) in [5, 5.41) is 8.24. The smallest absolute Gasteiger partial charge is 0.325 e. The van der Waals surface area contributed by atoms with Crippen molar-refractivity contribution in [1.29, 1.82) is 0 Å². The van der Waals surface area contributed by atoms with Crippen LogP contribution in [-0.2, 0) is 26.3 Å². The van der Waals surface area contributed by atoms with Crippen LogP contribution >= 0.6 is 23.7 Å². The van der Waals surface area contributed by atoms with Gasteiger partial charge in [-0.05, 0) is 106 Å². The summed E-state index contributed by atoms with van der Waals surface area (Å²) in [6.45, 7) is 11.2. The van der Waals surface area contributed by atoms with Crippen molar-refractivity contribution in [2.75, 3.05) is 33.1 Å². The molecule has 1 N–H and O–H groups in total. The molecular weight excluding hydrogens is 596 g/mol. The van der Waals surface area contributed by atoms with Crippen LogP contribution in [0.5, 0.6) is 5.75 Å². The molecule has 1 aromatic heterocycles. The number of oxime groups is 1. The fourth-order valence-electron chi connectivity index (χ4n) is 8.19. The third kappa shape index (κ3) is 7.00. The SMILES string of the molecule is CO/N=C1\C[C@@H](CCC(=O)Nc2ncc(C)s2)C2C3CCc4cc(OC(=O)CN(C)C)c(C(C)(C)C)cc4C3CC[C@]12C.Cl. The van der Waals surface area contributed by atoms with E-state index in [1.54, 1.807) is 13.3 Å². The standard InChI is InChI=1S/C34H48N4O4S.ClH/c1-20-18-35-32(43-20)36-29(39)12-10-22-16-28(37-41-8)34(5)14-13-23-24(31(22)34)11-9-21-15-27(42-30(40)19-38(6)7)26(17-25(21)23)33(2,3)4;/h15,17-18,22-24,31H,9-14,16,19H2,1-8H3,(H,35,36,39);1H/b37-28+;/t22-,23?,24?,31?,34-;/m1./s1. The predicted octanol–water partition coefficient (Wildman–Crippen LogP) is 7.14. The Morgan fingerprint density at radius 1 is 1.23 bits per heavy atom. The van der Waals surface area contributed by atoms with E-state index in [0.717, 1.165) is 54.7 Å². The van der Waals surface area contributed by atoms with Crippen LogP contribution in [0.25, 0.3) is 0 Å². The molecule has 0 radical (unpaired) electrons. The van der Waals surface area contributed by atoms with Crippen molar-refractivity contribution in [3.8, 4) is 5.75 Å². The third-order valence-electron chi connectivity index (χ3n) is 9.99. The Morgan fingerprint density at radius 3 is 2.61 bits per heavy atom. The van der Waals surface area contributed by atoms with Gasteiger partial charge in [-0.25, -0.2) is 4.98 Å². The number of likely N-dealkylation sites (N-methyl/N-ethyl adjacent to an activating group) is 1. The van der Waals surface area contributed by atoms with Crippen molar-refractivity contribution in [2.45, 2.75) is 90.9 Å². The second-order valence-corrected chi connectivity index (χ2v) is 15.6. The maximum atomic E-state index is 12.9. The first-order valence-corrected chi connectivity index (χ1v) is 16.5. The number of anilines is 1. The van der Waals surface area contributed by atoms with Crippen molar-refractivity contribution < 1.29 is 19.2 Å². The molecule has 44 heavy (non-hydrogen) atoms. The summed E-state index contributed by atoms with van der Waals surface area (Å²) in [5.74, 6) is 2.23. The minimum Gasteiger partial charge on any atom is -0.425 e. The quantitative estimate of drug-likeness (QED) is 0.187. The first-order chi connectivity index (χ1) is 20.3. The van der Waals surface area contributed by atoms with Gasteiger partial charge >= 0.3 is 5.97 Å². The van der Waals surface area contributed by atoms with E-state index >= 15 is 0 Å². The Balaban J connectivity index is 0.00000442. The second-order valence-electron chi connectivity index (χ2n) is 14.3. The number of carbonyl (C=O) groups excluding carboxylic acids is 2. The van der Waals surface area contributed by atoms with Crippen molar-refractivity contribution in [3.05, 3.63) is 39.9 Å². The number of carbonyl (C=O) groups is 2. The summed E-state index contributed by atoms with van der Waals surface area (Å²) in [6.07, 6.45) is 8.14. The molecular formula is C34H49ClN4O4S. The number of nitrogens with one attached hydrogen (secondary N) is 1. The van der Waals surface area contributed by atoms with Gasteiger partial charge in [0.25, 0.3) is 0 Å². The van der Waals surface area contributed by atoms with Gasteiger partial charge in [-0.2, -0.15) is 0 Å². The highest BCUT2D eigenvalue weighted by Gasteiger charge is 2.57. The van der Waals surface area contributed by atoms with Crippen LogP contribution in [0, 0.1) is 30.1 Å². The number of fused-ring (bicyclic) bond motifs is 5. The number of aromatic nitrogens is 1. The van der Waals surface area contributed by atoms with E-state index in [1.807, 2.05) is 25.9 Å². The number of esters is 1. The minimum atomic E-state index is -0.231. The molecule has 2 fully saturated rings. The zero-order valence-corrected chi connectivity index (χ0v) is 29.1. The first-order valence-electron chi connectivity index (χ1n) is 15.7. The summed E-state index contributed by atoms with van der Waals surface area (Å²) >= 11 is 1.51. The summed E-state index contributed by atoms with van der Waals surface area (Å²) in [7, 11) is 5.40. The van der Waals surface area contributed by atoms with Gasteiger partial charge in [-0.3, -0.25) is 14.5 Å². The number of halogens is 1. The zero-order chi connectivity index (χ0) is 31.1. The molecule has 5 atom stereocenters. The highest BCUT2D eigenvalue weighted by molar-refractivity contribution is 7.15. The van der Waals surface area contributed by atoms with E-state index in [9.17, 15) is 9.59 Å². The Hall–Kier alpha value is -2.49. The number of aryl methyl sites for hydroxylation is 2. The van der Waals surface area contributed by atoms with E-state index in [2.05, 4.69) is 55.3 Å². The van der Waals surface area contributed by atoms with Crippen molar-refractivity contribution in [2.24, 2.45) is 28.3 Å². The van der Waals surface area contributed by atoms with Crippen LogP contribution in [0.2, 0.25) is 0 Å².